The molecule has 0 saturated heterocycles. The van der Waals surface area contributed by atoms with Gasteiger partial charge in [-0.2, -0.15) is 0 Å². The fraction of sp³-hybridized carbons (Fsp3) is 0.118. The molecule has 0 bridgehead atoms. The van der Waals surface area contributed by atoms with Crippen molar-refractivity contribution in [1.82, 2.24) is 9.97 Å². The number of pyridine rings is 2. The zero-order valence-corrected chi connectivity index (χ0v) is 13.6. The van der Waals surface area contributed by atoms with Gasteiger partial charge in [-0.15, -0.1) is 0 Å². The van der Waals surface area contributed by atoms with Crippen LogP contribution in [0.5, 0.6) is 0 Å². The van der Waals surface area contributed by atoms with E-state index in [0.29, 0.717) is 21.9 Å². The van der Waals surface area contributed by atoms with Crippen LogP contribution in [-0.2, 0) is 0 Å². The summed E-state index contributed by atoms with van der Waals surface area (Å²) in [6.45, 7) is 1.85. The molecular formula is C17H16FN5O2. The minimum atomic E-state index is -1.23. The first-order valence-electron chi connectivity index (χ1n) is 7.42. The number of nitrogen functional groups attached to an aromatic ring is 1. The largest absolute Gasteiger partial charge is 0.465 e. The van der Waals surface area contributed by atoms with Crippen LogP contribution in [0.2, 0.25) is 0 Å². The van der Waals surface area contributed by atoms with E-state index in [1.807, 2.05) is 6.92 Å². The fourth-order valence-electron chi connectivity index (χ4n) is 2.72. The highest BCUT2D eigenvalue weighted by Gasteiger charge is 2.16. The van der Waals surface area contributed by atoms with Crippen LogP contribution in [0, 0.1) is 12.7 Å². The average Bonchev–Trinajstić information content (AvgIpc) is 2.58. The lowest BCUT2D eigenvalue weighted by atomic mass is 9.97. The molecule has 7 nitrogen and oxygen atoms in total. The predicted octanol–water partition coefficient (Wildman–Crippen LogP) is 3.46. The molecule has 0 unspecified atom stereocenters. The van der Waals surface area contributed by atoms with Gasteiger partial charge in [0.25, 0.3) is 0 Å². The van der Waals surface area contributed by atoms with Gasteiger partial charge >= 0.3 is 6.09 Å². The van der Waals surface area contributed by atoms with Gasteiger partial charge in [-0.05, 0) is 30.0 Å². The van der Waals surface area contributed by atoms with E-state index in [4.69, 9.17) is 10.8 Å². The first-order chi connectivity index (χ1) is 11.9. The molecule has 3 aromatic rings. The third-order valence-corrected chi connectivity index (χ3v) is 4.01. The summed E-state index contributed by atoms with van der Waals surface area (Å²) in [5.41, 5.74) is 8.39. The first kappa shape index (κ1) is 16.4. The average molecular weight is 341 g/mol. The van der Waals surface area contributed by atoms with Crippen LogP contribution < -0.4 is 16.4 Å². The number of nitrogens with two attached hydrogens (primary N) is 1. The van der Waals surface area contributed by atoms with Gasteiger partial charge in [0.15, 0.2) is 5.82 Å². The van der Waals surface area contributed by atoms with E-state index >= 15 is 0 Å². The maximum Gasteiger partial charge on any atom is 0.410 e. The summed E-state index contributed by atoms with van der Waals surface area (Å²) in [6, 6.07) is 3.12. The molecular weight excluding hydrogens is 325 g/mol. The van der Waals surface area contributed by atoms with Crippen molar-refractivity contribution >= 4 is 34.1 Å². The molecule has 2 aromatic heterocycles. The van der Waals surface area contributed by atoms with Crippen LogP contribution in [0.3, 0.4) is 0 Å². The predicted molar refractivity (Wildman–Crippen MR) is 95.3 cm³/mol. The zero-order chi connectivity index (χ0) is 18.1. The number of benzene rings is 1. The Morgan fingerprint density at radius 2 is 2.00 bits per heavy atom. The second-order valence-corrected chi connectivity index (χ2v) is 5.48. The Kier molecular flexibility index (Phi) is 4.10. The molecule has 1 aromatic carbocycles. The quantitative estimate of drug-likeness (QED) is 0.543. The number of hydrogen-bond acceptors (Lipinski definition) is 5. The summed E-state index contributed by atoms with van der Waals surface area (Å²) in [5, 5.41) is 15.0. The molecule has 0 spiro atoms. The molecule has 0 aliphatic heterocycles. The van der Waals surface area contributed by atoms with Crippen LogP contribution >= 0.6 is 0 Å². The van der Waals surface area contributed by atoms with Crippen LogP contribution in [0.15, 0.2) is 30.7 Å². The fourth-order valence-corrected chi connectivity index (χ4v) is 2.72. The SMILES string of the molecule is CNc1cncc(-c2cc3cc(NC(=O)O)ncc3c(N)c2F)c1C. The van der Waals surface area contributed by atoms with Crippen molar-refractivity contribution in [3.8, 4) is 11.1 Å². The lowest BCUT2D eigenvalue weighted by Gasteiger charge is -2.14. The zero-order valence-electron chi connectivity index (χ0n) is 13.6. The van der Waals surface area contributed by atoms with Gasteiger partial charge in [0.2, 0.25) is 0 Å². The van der Waals surface area contributed by atoms with Crippen LogP contribution in [0.25, 0.3) is 21.9 Å². The van der Waals surface area contributed by atoms with Crippen molar-refractivity contribution in [2.45, 2.75) is 6.92 Å². The number of anilines is 3. The smallest absolute Gasteiger partial charge is 0.410 e. The van der Waals surface area contributed by atoms with Crippen LogP contribution in [0.1, 0.15) is 5.56 Å². The highest BCUT2D eigenvalue weighted by atomic mass is 19.1. The number of rotatable bonds is 3. The number of nitrogens with one attached hydrogen (secondary N) is 2. The number of carbonyl (C=O) groups is 1. The van der Waals surface area contributed by atoms with Crippen LogP contribution in [0.4, 0.5) is 26.4 Å². The number of hydrogen-bond donors (Lipinski definition) is 4. The van der Waals surface area contributed by atoms with E-state index in [2.05, 4.69) is 20.6 Å². The maximum atomic E-state index is 14.8. The standard InChI is InChI=1S/C17H16FN5O2/c1-8-11(5-21-7-13(8)20-2)10-3-9-4-14(23-17(24)25)22-6-12(9)16(19)15(10)18/h3-7,20H,19H2,1-2H3,(H,22,23)(H,24,25). The minimum absolute atomic E-state index is 0.0452. The molecule has 128 valence electrons. The van der Waals surface area contributed by atoms with Crippen LogP contribution in [-0.4, -0.2) is 28.2 Å². The monoisotopic (exact) mass is 341 g/mol. The van der Waals surface area contributed by atoms with E-state index in [1.54, 1.807) is 25.5 Å². The third kappa shape index (κ3) is 2.89. The van der Waals surface area contributed by atoms with Gasteiger partial charge in [-0.3, -0.25) is 10.3 Å². The molecule has 0 fully saturated rings. The molecule has 0 aliphatic rings. The second-order valence-electron chi connectivity index (χ2n) is 5.48. The Hall–Kier alpha value is -3.42. The number of amides is 1. The third-order valence-electron chi connectivity index (χ3n) is 4.01. The van der Waals surface area contributed by atoms with Crippen molar-refractivity contribution in [2.75, 3.05) is 23.4 Å². The van der Waals surface area contributed by atoms with E-state index in [9.17, 15) is 9.18 Å². The van der Waals surface area contributed by atoms with Crippen molar-refractivity contribution in [1.29, 1.82) is 0 Å². The van der Waals surface area contributed by atoms with E-state index < -0.39 is 11.9 Å². The highest BCUT2D eigenvalue weighted by molar-refractivity contribution is 5.99. The number of nitrogens with zero attached hydrogens (tertiary/aromatic N) is 2. The van der Waals surface area contributed by atoms with Gasteiger partial charge in [-0.25, -0.2) is 14.2 Å². The van der Waals surface area contributed by atoms with E-state index in [1.165, 1.54) is 12.3 Å². The number of halogens is 1. The van der Waals surface area contributed by atoms with Crippen molar-refractivity contribution in [2.24, 2.45) is 0 Å². The van der Waals surface area contributed by atoms with Gasteiger partial charge < -0.3 is 16.2 Å². The van der Waals surface area contributed by atoms with Crippen molar-refractivity contribution < 1.29 is 14.3 Å². The molecule has 8 heteroatoms. The topological polar surface area (TPSA) is 113 Å². The Bertz CT molecular complexity index is 990. The molecule has 0 radical (unpaired) electrons. The summed E-state index contributed by atoms with van der Waals surface area (Å²) in [4.78, 5) is 18.8. The van der Waals surface area contributed by atoms with Crippen molar-refractivity contribution in [3.63, 3.8) is 0 Å². The Morgan fingerprint density at radius 3 is 2.68 bits per heavy atom. The molecule has 0 atom stereocenters. The maximum absolute atomic E-state index is 14.8. The molecule has 0 aliphatic carbocycles. The minimum Gasteiger partial charge on any atom is -0.465 e. The van der Waals surface area contributed by atoms with E-state index in [-0.39, 0.29) is 11.5 Å². The second kappa shape index (κ2) is 6.23. The molecule has 5 N–H and O–H groups in total. The van der Waals surface area contributed by atoms with Gasteiger partial charge in [0.1, 0.15) is 5.82 Å². The normalized spacial score (nSPS) is 10.7. The van der Waals surface area contributed by atoms with Gasteiger partial charge in [0, 0.05) is 36.0 Å². The summed E-state index contributed by atoms with van der Waals surface area (Å²) < 4.78 is 14.8. The Morgan fingerprint density at radius 1 is 1.24 bits per heavy atom. The first-order valence-corrected chi connectivity index (χ1v) is 7.42. The number of aromatic nitrogens is 2. The van der Waals surface area contributed by atoms with E-state index in [0.717, 1.165) is 11.3 Å². The lowest BCUT2D eigenvalue weighted by molar-refractivity contribution is 0.209. The molecule has 25 heavy (non-hydrogen) atoms. The molecule has 2 heterocycles. The summed E-state index contributed by atoms with van der Waals surface area (Å²) in [7, 11) is 1.76. The van der Waals surface area contributed by atoms with Crippen molar-refractivity contribution in [3.05, 3.63) is 42.1 Å². The molecule has 1 amide bonds. The Balaban J connectivity index is 2.25. The molecule has 0 saturated carbocycles. The lowest BCUT2D eigenvalue weighted by Crippen LogP contribution is -2.08. The highest BCUT2D eigenvalue weighted by Crippen LogP contribution is 2.36. The Labute approximate surface area is 142 Å². The number of fused-ring (bicyclic) bond motifs is 1. The molecule has 3 rings (SSSR count). The number of carboxylic acid groups (broad SMARTS) is 1. The summed E-state index contributed by atoms with van der Waals surface area (Å²) in [6.07, 6.45) is 3.33. The van der Waals surface area contributed by atoms with Gasteiger partial charge in [-0.1, -0.05) is 0 Å². The summed E-state index contributed by atoms with van der Waals surface area (Å²) >= 11 is 0. The summed E-state index contributed by atoms with van der Waals surface area (Å²) in [5.74, 6) is -0.429. The van der Waals surface area contributed by atoms with Gasteiger partial charge in [0.05, 0.1) is 17.6 Å².